The number of hydrogen-bond donors (Lipinski definition) is 0. The first-order valence-electron chi connectivity index (χ1n) is 6.29. The van der Waals surface area contributed by atoms with Gasteiger partial charge in [-0.15, -0.1) is 0 Å². The zero-order valence-electron chi connectivity index (χ0n) is 11.7. The molecule has 112 valence electrons. The van der Waals surface area contributed by atoms with Gasteiger partial charge in [0.25, 0.3) is 0 Å². The number of ether oxygens (including phenoxy) is 3. The minimum atomic E-state index is -0.638. The zero-order chi connectivity index (χ0) is 15.0. The summed E-state index contributed by atoms with van der Waals surface area (Å²) in [6.45, 7) is 1.04. The third kappa shape index (κ3) is 5.00. The Morgan fingerprint density at radius 3 is 2.65 bits per heavy atom. The first kappa shape index (κ1) is 16.2. The molecule has 1 heterocycles. The van der Waals surface area contributed by atoms with Crippen LogP contribution in [0.2, 0.25) is 0 Å². The van der Waals surface area contributed by atoms with Gasteiger partial charge in [-0.3, -0.25) is 4.79 Å². The van der Waals surface area contributed by atoms with Crippen molar-refractivity contribution < 1.29 is 28.6 Å². The number of rotatable bonds is 7. The molecule has 1 unspecified atom stereocenters. The van der Waals surface area contributed by atoms with E-state index in [9.17, 15) is 14.4 Å². The number of esters is 2. The summed E-state index contributed by atoms with van der Waals surface area (Å²) in [5, 5.41) is 0. The van der Waals surface area contributed by atoms with Crippen molar-refractivity contribution in [3.05, 3.63) is 12.2 Å². The van der Waals surface area contributed by atoms with Crippen LogP contribution in [-0.2, 0) is 28.6 Å². The molecule has 7 heteroatoms. The number of hydrogen-bond acceptors (Lipinski definition) is 6. The van der Waals surface area contributed by atoms with Gasteiger partial charge < -0.3 is 19.1 Å². The minimum absolute atomic E-state index is 0.0354. The summed E-state index contributed by atoms with van der Waals surface area (Å²) in [5.74, 6) is -1.23. The molecule has 0 saturated carbocycles. The fourth-order valence-corrected chi connectivity index (χ4v) is 1.89. The molecule has 0 bridgehead atoms. The Balaban J connectivity index is 2.39. The Morgan fingerprint density at radius 1 is 1.30 bits per heavy atom. The Hall–Kier alpha value is -1.89. The van der Waals surface area contributed by atoms with Gasteiger partial charge in [0.2, 0.25) is 5.91 Å². The van der Waals surface area contributed by atoms with Crippen LogP contribution in [0.25, 0.3) is 0 Å². The maximum atomic E-state index is 11.6. The van der Waals surface area contributed by atoms with Gasteiger partial charge in [0.15, 0.2) is 0 Å². The van der Waals surface area contributed by atoms with E-state index in [1.165, 1.54) is 7.11 Å². The number of amides is 1. The van der Waals surface area contributed by atoms with Crippen molar-refractivity contribution in [1.29, 1.82) is 0 Å². The SMILES string of the molecule is COCCN1C(=O)CCC1COC(=O)/C=C/C(=O)OC. The largest absolute Gasteiger partial charge is 0.466 e. The van der Waals surface area contributed by atoms with E-state index in [0.29, 0.717) is 26.0 Å². The van der Waals surface area contributed by atoms with Gasteiger partial charge in [0.05, 0.1) is 19.8 Å². The van der Waals surface area contributed by atoms with Crippen LogP contribution in [0.15, 0.2) is 12.2 Å². The van der Waals surface area contributed by atoms with Gasteiger partial charge in [-0.05, 0) is 6.42 Å². The number of carbonyl (C=O) groups is 3. The van der Waals surface area contributed by atoms with Crippen molar-refractivity contribution >= 4 is 17.8 Å². The summed E-state index contributed by atoms with van der Waals surface area (Å²) >= 11 is 0. The fourth-order valence-electron chi connectivity index (χ4n) is 1.89. The lowest BCUT2D eigenvalue weighted by Gasteiger charge is -2.23. The van der Waals surface area contributed by atoms with Crippen molar-refractivity contribution in [2.75, 3.05) is 34.0 Å². The highest BCUT2D eigenvalue weighted by Crippen LogP contribution is 2.18. The summed E-state index contributed by atoms with van der Waals surface area (Å²) in [4.78, 5) is 35.5. The van der Waals surface area contributed by atoms with Gasteiger partial charge in [-0.1, -0.05) is 0 Å². The lowest BCUT2D eigenvalue weighted by atomic mass is 10.2. The molecule has 0 aromatic heterocycles. The number of nitrogens with zero attached hydrogens (tertiary/aromatic N) is 1. The van der Waals surface area contributed by atoms with E-state index in [1.807, 2.05) is 0 Å². The molecule has 1 fully saturated rings. The molecular weight excluding hydrogens is 266 g/mol. The Kier molecular flexibility index (Phi) is 6.72. The zero-order valence-corrected chi connectivity index (χ0v) is 11.7. The van der Waals surface area contributed by atoms with Gasteiger partial charge in [-0.25, -0.2) is 9.59 Å². The van der Waals surface area contributed by atoms with Crippen LogP contribution < -0.4 is 0 Å². The number of likely N-dealkylation sites (tertiary alicyclic amines) is 1. The Bertz CT molecular complexity index is 392. The van der Waals surface area contributed by atoms with Crippen LogP contribution in [0.1, 0.15) is 12.8 Å². The molecule has 0 aliphatic carbocycles. The third-order valence-corrected chi connectivity index (χ3v) is 2.96. The second-order valence-electron chi connectivity index (χ2n) is 4.26. The molecule has 1 amide bonds. The molecule has 1 aliphatic heterocycles. The maximum absolute atomic E-state index is 11.6. The topological polar surface area (TPSA) is 82.1 Å². The van der Waals surface area contributed by atoms with E-state index in [-0.39, 0.29) is 18.6 Å². The van der Waals surface area contributed by atoms with E-state index in [1.54, 1.807) is 12.0 Å². The fraction of sp³-hybridized carbons (Fsp3) is 0.615. The Labute approximate surface area is 117 Å². The highest BCUT2D eigenvalue weighted by atomic mass is 16.5. The summed E-state index contributed by atoms with van der Waals surface area (Å²) in [6.07, 6.45) is 3.09. The molecule has 1 aliphatic rings. The summed E-state index contributed by atoms with van der Waals surface area (Å²) in [7, 11) is 2.78. The van der Waals surface area contributed by atoms with Crippen LogP contribution in [0, 0.1) is 0 Å². The van der Waals surface area contributed by atoms with Crippen LogP contribution in [0.4, 0.5) is 0 Å². The van der Waals surface area contributed by atoms with Crippen molar-refractivity contribution in [2.45, 2.75) is 18.9 Å². The van der Waals surface area contributed by atoms with Crippen LogP contribution in [-0.4, -0.2) is 62.8 Å². The molecule has 1 rings (SSSR count). The highest BCUT2D eigenvalue weighted by molar-refractivity contribution is 5.91. The molecule has 0 aromatic rings. The van der Waals surface area contributed by atoms with E-state index in [4.69, 9.17) is 9.47 Å². The van der Waals surface area contributed by atoms with E-state index in [0.717, 1.165) is 12.2 Å². The molecular formula is C13H19NO6. The van der Waals surface area contributed by atoms with E-state index < -0.39 is 11.9 Å². The van der Waals surface area contributed by atoms with Gasteiger partial charge in [0, 0.05) is 32.2 Å². The predicted molar refractivity (Wildman–Crippen MR) is 68.7 cm³/mol. The first-order chi connectivity index (χ1) is 9.58. The molecule has 0 N–H and O–H groups in total. The van der Waals surface area contributed by atoms with Gasteiger partial charge in [-0.2, -0.15) is 0 Å². The van der Waals surface area contributed by atoms with Crippen molar-refractivity contribution in [1.82, 2.24) is 4.90 Å². The van der Waals surface area contributed by atoms with Crippen molar-refractivity contribution in [3.63, 3.8) is 0 Å². The number of methoxy groups -OCH3 is 2. The highest BCUT2D eigenvalue weighted by Gasteiger charge is 2.31. The summed E-state index contributed by atoms with van der Waals surface area (Å²) in [5.41, 5.74) is 0. The van der Waals surface area contributed by atoms with Crippen LogP contribution in [0.5, 0.6) is 0 Å². The lowest BCUT2D eigenvalue weighted by Crippen LogP contribution is -2.38. The molecule has 20 heavy (non-hydrogen) atoms. The molecule has 1 atom stereocenters. The second kappa shape index (κ2) is 8.31. The monoisotopic (exact) mass is 285 g/mol. The Morgan fingerprint density at radius 2 is 2.00 bits per heavy atom. The van der Waals surface area contributed by atoms with Crippen molar-refractivity contribution in [3.8, 4) is 0 Å². The molecule has 0 radical (unpaired) electrons. The van der Waals surface area contributed by atoms with Gasteiger partial charge in [0.1, 0.15) is 6.61 Å². The summed E-state index contributed by atoms with van der Waals surface area (Å²) < 4.78 is 14.3. The minimum Gasteiger partial charge on any atom is -0.466 e. The summed E-state index contributed by atoms with van der Waals surface area (Å²) in [6, 6.07) is -0.131. The van der Waals surface area contributed by atoms with E-state index >= 15 is 0 Å². The lowest BCUT2D eigenvalue weighted by molar-refractivity contribution is -0.142. The van der Waals surface area contributed by atoms with Crippen LogP contribution >= 0.6 is 0 Å². The maximum Gasteiger partial charge on any atom is 0.331 e. The van der Waals surface area contributed by atoms with E-state index in [2.05, 4.69) is 4.74 Å². The average molecular weight is 285 g/mol. The molecule has 7 nitrogen and oxygen atoms in total. The normalized spacial score (nSPS) is 18.6. The standard InChI is InChI=1S/C13H19NO6/c1-18-8-7-14-10(3-4-11(14)15)9-20-13(17)6-5-12(16)19-2/h5-6,10H,3-4,7-9H2,1-2H3/b6-5+. The number of carbonyl (C=O) groups excluding carboxylic acids is 3. The molecule has 0 aromatic carbocycles. The second-order valence-corrected chi connectivity index (χ2v) is 4.26. The van der Waals surface area contributed by atoms with Crippen molar-refractivity contribution in [2.24, 2.45) is 0 Å². The molecule has 1 saturated heterocycles. The smallest absolute Gasteiger partial charge is 0.331 e. The quantitative estimate of drug-likeness (QED) is 0.480. The van der Waals surface area contributed by atoms with Crippen LogP contribution in [0.3, 0.4) is 0 Å². The predicted octanol–water partition coefficient (Wildman–Crippen LogP) is -0.104. The molecule has 0 spiro atoms. The average Bonchev–Trinajstić information content (AvgIpc) is 2.80. The first-order valence-corrected chi connectivity index (χ1v) is 6.29. The third-order valence-electron chi connectivity index (χ3n) is 2.96. The van der Waals surface area contributed by atoms with Gasteiger partial charge >= 0.3 is 11.9 Å².